The first-order valence-corrected chi connectivity index (χ1v) is 22.9. The van der Waals surface area contributed by atoms with Crippen LogP contribution in [0.25, 0.3) is 99.4 Å². The normalized spacial score (nSPS) is 15.2. The van der Waals surface area contributed by atoms with E-state index in [9.17, 15) is 0 Å². The summed E-state index contributed by atoms with van der Waals surface area (Å²) in [6.45, 7) is 4.76. The van der Waals surface area contributed by atoms with Gasteiger partial charge in [-0.3, -0.25) is 0 Å². The van der Waals surface area contributed by atoms with Gasteiger partial charge in [0.25, 0.3) is 0 Å². The molecule has 1 atom stereocenters. The van der Waals surface area contributed by atoms with E-state index < -0.39 is 0 Å². The Kier molecular flexibility index (Phi) is 8.42. The molecule has 2 aliphatic rings. The molecule has 0 amide bonds. The first-order valence-electron chi connectivity index (χ1n) is 22.9. The predicted octanol–water partition coefficient (Wildman–Crippen LogP) is 16.8. The third kappa shape index (κ3) is 5.94. The molecule has 0 N–H and O–H groups in total. The van der Waals surface area contributed by atoms with Crippen LogP contribution in [0.5, 0.6) is 0 Å². The molecule has 1 unspecified atom stereocenters. The molecule has 0 saturated heterocycles. The lowest BCUT2D eigenvalue weighted by molar-refractivity contribution is 0.649. The lowest BCUT2D eigenvalue weighted by atomic mass is 9.82. The van der Waals surface area contributed by atoms with Crippen molar-refractivity contribution in [1.29, 1.82) is 0 Å². The summed E-state index contributed by atoms with van der Waals surface area (Å²) in [6, 6.07) is 76.8. The van der Waals surface area contributed by atoms with Crippen LogP contribution in [0.2, 0.25) is 0 Å². The monoisotopic (exact) mass is 830 g/mol. The van der Waals surface area contributed by atoms with E-state index >= 15 is 0 Å². The largest absolute Gasteiger partial charge is 0.333 e. The van der Waals surface area contributed by atoms with E-state index in [0.29, 0.717) is 0 Å². The van der Waals surface area contributed by atoms with Gasteiger partial charge in [0, 0.05) is 43.7 Å². The average Bonchev–Trinajstić information content (AvgIpc) is 3.96. The summed E-state index contributed by atoms with van der Waals surface area (Å²) in [5, 5.41) is 5.08. The van der Waals surface area contributed by atoms with E-state index in [2.05, 4.69) is 247 Å². The number of allylic oxidation sites excluding steroid dienone is 4. The Bertz CT molecular complexity index is 3690. The van der Waals surface area contributed by atoms with Gasteiger partial charge in [-0.2, -0.15) is 0 Å². The van der Waals surface area contributed by atoms with Gasteiger partial charge in [-0.05, 0) is 140 Å². The standard InChI is InChI=1S/C63H46N2/c1-63(2)57-24-14-12-22-51(57)53-39-56-52-23-13-15-25-59(52)65(62(56)40-58(53)63)50-31-33-61-55(38-50)54-37-45(28-32-60(54)64(61)49-29-26-44(27-30-49)41-16-6-3-7-17-41)48-35-46(42-18-8-4-9-19-42)34-47(36-48)43-20-10-5-11-21-43/h3-29,31-40,49H,30H2,1-2H3. The Morgan fingerprint density at radius 2 is 0.985 bits per heavy atom. The van der Waals surface area contributed by atoms with Crippen molar-refractivity contribution in [1.82, 2.24) is 9.13 Å². The molecule has 0 spiro atoms. The van der Waals surface area contributed by atoms with Gasteiger partial charge in [0.15, 0.2) is 0 Å². The van der Waals surface area contributed by atoms with Crippen molar-refractivity contribution >= 4 is 49.2 Å². The molecular weight excluding hydrogens is 785 g/mol. The third-order valence-electron chi connectivity index (χ3n) is 14.4. The minimum atomic E-state index is -0.101. The fourth-order valence-electron chi connectivity index (χ4n) is 11.2. The average molecular weight is 831 g/mol. The number of benzene rings is 9. The van der Waals surface area contributed by atoms with Crippen molar-refractivity contribution < 1.29 is 0 Å². The zero-order valence-corrected chi connectivity index (χ0v) is 36.5. The Morgan fingerprint density at radius 1 is 0.400 bits per heavy atom. The van der Waals surface area contributed by atoms with Gasteiger partial charge < -0.3 is 9.13 Å². The highest BCUT2D eigenvalue weighted by Crippen LogP contribution is 2.51. The summed E-state index contributed by atoms with van der Waals surface area (Å²) >= 11 is 0. The molecule has 2 heteroatoms. The van der Waals surface area contributed by atoms with Crippen LogP contribution in [0.15, 0.2) is 224 Å². The van der Waals surface area contributed by atoms with Crippen LogP contribution < -0.4 is 0 Å². The molecule has 0 aliphatic heterocycles. The van der Waals surface area contributed by atoms with Crippen molar-refractivity contribution in [3.63, 3.8) is 0 Å². The second-order valence-corrected chi connectivity index (χ2v) is 18.5. The first kappa shape index (κ1) is 37.6. The highest BCUT2D eigenvalue weighted by molar-refractivity contribution is 6.14. The maximum Gasteiger partial charge on any atom is 0.0560 e. The number of fused-ring (bicyclic) bond motifs is 9. The molecule has 11 aromatic rings. The lowest BCUT2D eigenvalue weighted by Crippen LogP contribution is -2.14. The third-order valence-corrected chi connectivity index (χ3v) is 14.4. The minimum absolute atomic E-state index is 0.101. The molecule has 2 heterocycles. The minimum Gasteiger partial charge on any atom is -0.333 e. The van der Waals surface area contributed by atoms with E-state index in [0.717, 1.165) is 6.42 Å². The molecule has 0 saturated carbocycles. The van der Waals surface area contributed by atoms with E-state index in [-0.39, 0.29) is 11.5 Å². The van der Waals surface area contributed by atoms with Crippen LogP contribution >= 0.6 is 0 Å². The molecule has 13 rings (SSSR count). The summed E-state index contributed by atoms with van der Waals surface area (Å²) in [5.41, 5.74) is 21.3. The number of rotatable bonds is 6. The zero-order valence-electron chi connectivity index (χ0n) is 36.5. The second kappa shape index (κ2) is 14.6. The predicted molar refractivity (Wildman–Crippen MR) is 275 cm³/mol. The highest BCUT2D eigenvalue weighted by atomic mass is 15.0. The van der Waals surface area contributed by atoms with E-state index in [4.69, 9.17) is 0 Å². The summed E-state index contributed by atoms with van der Waals surface area (Å²) in [6.07, 6.45) is 8.06. The fourth-order valence-corrected chi connectivity index (χ4v) is 11.2. The molecule has 65 heavy (non-hydrogen) atoms. The highest BCUT2D eigenvalue weighted by Gasteiger charge is 2.36. The van der Waals surface area contributed by atoms with E-state index in [1.165, 1.54) is 116 Å². The van der Waals surface area contributed by atoms with Gasteiger partial charge in [-0.25, -0.2) is 0 Å². The second-order valence-electron chi connectivity index (χ2n) is 18.5. The van der Waals surface area contributed by atoms with Gasteiger partial charge in [0.1, 0.15) is 0 Å². The summed E-state index contributed by atoms with van der Waals surface area (Å²) in [5.74, 6) is 0. The summed E-state index contributed by atoms with van der Waals surface area (Å²) in [4.78, 5) is 0. The number of hydrogen-bond donors (Lipinski definition) is 0. The maximum atomic E-state index is 2.58. The van der Waals surface area contributed by atoms with Gasteiger partial charge in [0.05, 0.1) is 17.1 Å². The quantitative estimate of drug-likeness (QED) is 0.158. The SMILES string of the molecule is CC1(C)c2ccccc2-c2cc3c4ccccc4n(-c4ccc5c(c4)c4cc(-c6cc(-c7ccccc7)cc(-c7ccccc7)c6)ccc4n5C4C=CC(c5ccccc5)=CC4)c3cc21. The molecule has 308 valence electrons. The van der Waals surface area contributed by atoms with Crippen LogP contribution in [0.1, 0.15) is 43.0 Å². The van der Waals surface area contributed by atoms with Crippen LogP contribution in [0, 0.1) is 0 Å². The summed E-state index contributed by atoms with van der Waals surface area (Å²) in [7, 11) is 0. The maximum absolute atomic E-state index is 2.58. The van der Waals surface area contributed by atoms with Gasteiger partial charge >= 0.3 is 0 Å². The topological polar surface area (TPSA) is 9.86 Å². The zero-order chi connectivity index (χ0) is 43.2. The van der Waals surface area contributed by atoms with Crippen molar-refractivity contribution in [2.45, 2.75) is 31.7 Å². The molecule has 9 aromatic carbocycles. The Hall–Kier alpha value is -7.94. The summed E-state index contributed by atoms with van der Waals surface area (Å²) < 4.78 is 5.10. The Balaban J connectivity index is 1.03. The Labute approximate surface area is 379 Å². The molecule has 0 bridgehead atoms. The number of hydrogen-bond acceptors (Lipinski definition) is 0. The van der Waals surface area contributed by atoms with E-state index in [1.54, 1.807) is 0 Å². The van der Waals surface area contributed by atoms with E-state index in [1.807, 2.05) is 0 Å². The smallest absolute Gasteiger partial charge is 0.0560 e. The van der Waals surface area contributed by atoms with Crippen molar-refractivity contribution in [3.8, 4) is 50.2 Å². The number of aromatic nitrogens is 2. The molecule has 2 aliphatic carbocycles. The Morgan fingerprint density at radius 3 is 1.68 bits per heavy atom. The fraction of sp³-hybridized carbons (Fsp3) is 0.0794. The number of nitrogens with zero attached hydrogens (tertiary/aromatic N) is 2. The van der Waals surface area contributed by atoms with Crippen LogP contribution in [-0.4, -0.2) is 9.13 Å². The lowest BCUT2D eigenvalue weighted by Gasteiger charge is -2.22. The molecule has 2 aromatic heterocycles. The van der Waals surface area contributed by atoms with Crippen LogP contribution in [-0.2, 0) is 5.41 Å². The van der Waals surface area contributed by atoms with Crippen molar-refractivity contribution in [2.75, 3.05) is 0 Å². The van der Waals surface area contributed by atoms with Crippen LogP contribution in [0.3, 0.4) is 0 Å². The van der Waals surface area contributed by atoms with Crippen molar-refractivity contribution in [2.24, 2.45) is 0 Å². The van der Waals surface area contributed by atoms with Gasteiger partial charge in [0.2, 0.25) is 0 Å². The number of para-hydroxylation sites is 1. The van der Waals surface area contributed by atoms with Gasteiger partial charge in [-0.1, -0.05) is 172 Å². The molecule has 0 fully saturated rings. The molecule has 0 radical (unpaired) electrons. The van der Waals surface area contributed by atoms with Crippen molar-refractivity contribution in [3.05, 3.63) is 241 Å². The first-order chi connectivity index (χ1) is 32.0. The van der Waals surface area contributed by atoms with Crippen LogP contribution in [0.4, 0.5) is 0 Å². The molecular formula is C63H46N2. The van der Waals surface area contributed by atoms with Gasteiger partial charge in [-0.15, -0.1) is 0 Å². The molecule has 2 nitrogen and oxygen atoms in total.